The molecular formula is C16H21N5O. The van der Waals surface area contributed by atoms with Crippen molar-refractivity contribution in [1.29, 1.82) is 0 Å². The van der Waals surface area contributed by atoms with Crippen molar-refractivity contribution in [2.45, 2.75) is 33.9 Å². The van der Waals surface area contributed by atoms with Crippen LogP contribution in [0.1, 0.15) is 22.5 Å². The largest absolute Gasteiger partial charge is 0.394 e. The van der Waals surface area contributed by atoms with Crippen molar-refractivity contribution in [3.05, 3.63) is 47.0 Å². The number of imidazole rings is 1. The first-order chi connectivity index (χ1) is 10.6. The van der Waals surface area contributed by atoms with E-state index in [1.807, 2.05) is 37.0 Å². The number of aliphatic hydroxyl groups is 1. The molecule has 3 heterocycles. The van der Waals surface area contributed by atoms with E-state index < -0.39 is 0 Å². The van der Waals surface area contributed by atoms with Gasteiger partial charge in [-0.15, -0.1) is 0 Å². The van der Waals surface area contributed by atoms with Crippen molar-refractivity contribution in [2.24, 2.45) is 0 Å². The molecule has 0 fully saturated rings. The van der Waals surface area contributed by atoms with Crippen LogP contribution < -0.4 is 5.32 Å². The van der Waals surface area contributed by atoms with Gasteiger partial charge in [0.1, 0.15) is 11.5 Å². The number of nitrogens with one attached hydrogen (secondary N) is 1. The number of anilines is 1. The van der Waals surface area contributed by atoms with Crippen molar-refractivity contribution in [1.82, 2.24) is 19.2 Å². The van der Waals surface area contributed by atoms with Gasteiger partial charge in [0.25, 0.3) is 0 Å². The summed E-state index contributed by atoms with van der Waals surface area (Å²) in [7, 11) is 0. The number of nitrogens with zero attached hydrogens (tertiary/aromatic N) is 4. The lowest BCUT2D eigenvalue weighted by molar-refractivity contribution is 0.270. The van der Waals surface area contributed by atoms with Gasteiger partial charge in [0.15, 0.2) is 0 Å². The Balaban J connectivity index is 1.87. The Morgan fingerprint density at radius 2 is 2.09 bits per heavy atom. The molecule has 116 valence electrons. The fourth-order valence-corrected chi connectivity index (χ4v) is 2.66. The van der Waals surface area contributed by atoms with E-state index in [0.717, 1.165) is 34.0 Å². The average molecular weight is 299 g/mol. The highest BCUT2D eigenvalue weighted by molar-refractivity contribution is 5.50. The number of aromatic nitrogens is 4. The molecule has 22 heavy (non-hydrogen) atoms. The molecule has 0 atom stereocenters. The molecule has 3 rings (SSSR count). The number of hydrogen-bond acceptors (Lipinski definition) is 4. The van der Waals surface area contributed by atoms with Crippen LogP contribution >= 0.6 is 0 Å². The maximum Gasteiger partial charge on any atom is 0.139 e. The zero-order valence-corrected chi connectivity index (χ0v) is 13.2. The lowest BCUT2D eigenvalue weighted by atomic mass is 10.2. The van der Waals surface area contributed by atoms with Crippen LogP contribution in [0.5, 0.6) is 0 Å². The maximum atomic E-state index is 9.17. The molecule has 0 aromatic carbocycles. The Hall–Kier alpha value is -2.34. The molecule has 0 saturated heterocycles. The molecule has 0 radical (unpaired) electrons. The van der Waals surface area contributed by atoms with Gasteiger partial charge in [0.2, 0.25) is 0 Å². The molecule has 0 amide bonds. The fourth-order valence-electron chi connectivity index (χ4n) is 2.66. The summed E-state index contributed by atoms with van der Waals surface area (Å²) in [6.07, 6.45) is 3.92. The van der Waals surface area contributed by atoms with Crippen LogP contribution in [0.25, 0.3) is 5.65 Å². The predicted molar refractivity (Wildman–Crippen MR) is 86.0 cm³/mol. The van der Waals surface area contributed by atoms with E-state index in [-0.39, 0.29) is 6.61 Å². The summed E-state index contributed by atoms with van der Waals surface area (Å²) >= 11 is 0. The molecule has 0 aliphatic heterocycles. The number of aryl methyl sites for hydroxylation is 2. The van der Waals surface area contributed by atoms with Crippen molar-refractivity contribution in [3.8, 4) is 0 Å². The van der Waals surface area contributed by atoms with Gasteiger partial charge in [-0.2, -0.15) is 5.10 Å². The summed E-state index contributed by atoms with van der Waals surface area (Å²) in [6.45, 7) is 7.29. The first kappa shape index (κ1) is 14.6. The Labute approximate surface area is 129 Å². The van der Waals surface area contributed by atoms with E-state index >= 15 is 0 Å². The van der Waals surface area contributed by atoms with Crippen LogP contribution in [0.15, 0.2) is 24.5 Å². The van der Waals surface area contributed by atoms with Crippen molar-refractivity contribution >= 4 is 11.5 Å². The van der Waals surface area contributed by atoms with E-state index in [1.165, 1.54) is 0 Å². The lowest BCUT2D eigenvalue weighted by Gasteiger charge is -2.10. The zero-order valence-electron chi connectivity index (χ0n) is 13.2. The molecule has 0 aliphatic carbocycles. The Bertz CT molecular complexity index is 802. The molecule has 3 aromatic rings. The molecule has 0 aliphatic rings. The van der Waals surface area contributed by atoms with Crippen LogP contribution in [0.2, 0.25) is 0 Å². The van der Waals surface area contributed by atoms with Crippen LogP contribution in [0, 0.1) is 20.8 Å². The lowest BCUT2D eigenvalue weighted by Crippen LogP contribution is -2.11. The average Bonchev–Trinajstić information content (AvgIpc) is 3.02. The molecule has 6 nitrogen and oxygen atoms in total. The summed E-state index contributed by atoms with van der Waals surface area (Å²) in [5.41, 5.74) is 5.32. The number of fused-ring (bicyclic) bond motifs is 1. The minimum Gasteiger partial charge on any atom is -0.394 e. The van der Waals surface area contributed by atoms with Gasteiger partial charge in [-0.25, -0.2) is 9.67 Å². The van der Waals surface area contributed by atoms with Gasteiger partial charge in [0.05, 0.1) is 37.3 Å². The molecule has 2 N–H and O–H groups in total. The minimum absolute atomic E-state index is 0.0735. The van der Waals surface area contributed by atoms with Gasteiger partial charge in [-0.05, 0) is 32.4 Å². The van der Waals surface area contributed by atoms with Gasteiger partial charge in [-0.3, -0.25) is 0 Å². The Morgan fingerprint density at radius 3 is 2.86 bits per heavy atom. The number of rotatable bonds is 5. The summed E-state index contributed by atoms with van der Waals surface area (Å²) < 4.78 is 3.91. The summed E-state index contributed by atoms with van der Waals surface area (Å²) in [5, 5.41) is 17.0. The minimum atomic E-state index is 0.0735. The number of aliphatic hydroxyl groups excluding tert-OH is 1. The highest BCUT2D eigenvalue weighted by atomic mass is 16.3. The van der Waals surface area contributed by atoms with Gasteiger partial charge >= 0.3 is 0 Å². The first-order valence-corrected chi connectivity index (χ1v) is 7.42. The van der Waals surface area contributed by atoms with Crippen molar-refractivity contribution in [2.75, 3.05) is 11.9 Å². The second-order valence-corrected chi connectivity index (χ2v) is 5.49. The third-order valence-corrected chi connectivity index (χ3v) is 3.98. The quantitative estimate of drug-likeness (QED) is 0.757. The van der Waals surface area contributed by atoms with E-state index in [2.05, 4.69) is 32.8 Å². The van der Waals surface area contributed by atoms with E-state index in [9.17, 15) is 0 Å². The molecule has 0 spiro atoms. The second-order valence-electron chi connectivity index (χ2n) is 5.49. The third kappa shape index (κ3) is 2.46. The standard InChI is InChI=1S/C16H21N5O/c1-11-5-4-6-20-14(9-17-15(11)20)10-18-16-12(2)13(3)19-21(16)7-8-22/h4-6,9,18,22H,7-8,10H2,1-3H3. The Kier molecular flexibility index (Phi) is 3.85. The van der Waals surface area contributed by atoms with E-state index in [4.69, 9.17) is 5.11 Å². The van der Waals surface area contributed by atoms with Crippen LogP contribution in [0.3, 0.4) is 0 Å². The second kappa shape index (κ2) is 5.81. The fraction of sp³-hybridized carbons (Fsp3) is 0.375. The highest BCUT2D eigenvalue weighted by Gasteiger charge is 2.12. The molecular weight excluding hydrogens is 278 g/mol. The summed E-state index contributed by atoms with van der Waals surface area (Å²) in [4.78, 5) is 4.48. The van der Waals surface area contributed by atoms with Crippen molar-refractivity contribution < 1.29 is 5.11 Å². The van der Waals surface area contributed by atoms with Crippen molar-refractivity contribution in [3.63, 3.8) is 0 Å². The van der Waals surface area contributed by atoms with E-state index in [1.54, 1.807) is 0 Å². The van der Waals surface area contributed by atoms with Gasteiger partial charge < -0.3 is 14.8 Å². The zero-order chi connectivity index (χ0) is 15.7. The van der Waals surface area contributed by atoms with Crippen LogP contribution in [0.4, 0.5) is 5.82 Å². The smallest absolute Gasteiger partial charge is 0.139 e. The van der Waals surface area contributed by atoms with Crippen LogP contribution in [-0.4, -0.2) is 30.9 Å². The predicted octanol–water partition coefficient (Wildman–Crippen LogP) is 2.06. The highest BCUT2D eigenvalue weighted by Crippen LogP contribution is 2.19. The van der Waals surface area contributed by atoms with Crippen LogP contribution in [-0.2, 0) is 13.1 Å². The third-order valence-electron chi connectivity index (χ3n) is 3.98. The molecule has 3 aromatic heterocycles. The molecule has 0 saturated carbocycles. The van der Waals surface area contributed by atoms with Gasteiger partial charge in [0, 0.05) is 11.8 Å². The topological polar surface area (TPSA) is 67.4 Å². The molecule has 6 heteroatoms. The Morgan fingerprint density at radius 1 is 1.27 bits per heavy atom. The summed E-state index contributed by atoms with van der Waals surface area (Å²) in [6, 6.07) is 4.09. The maximum absolute atomic E-state index is 9.17. The number of hydrogen-bond donors (Lipinski definition) is 2. The number of pyridine rings is 1. The van der Waals surface area contributed by atoms with E-state index in [0.29, 0.717) is 13.1 Å². The SMILES string of the molecule is Cc1nn(CCO)c(NCc2cnc3c(C)cccn23)c1C. The molecule has 0 bridgehead atoms. The first-order valence-electron chi connectivity index (χ1n) is 7.42. The van der Waals surface area contributed by atoms with Gasteiger partial charge in [-0.1, -0.05) is 6.07 Å². The summed E-state index contributed by atoms with van der Waals surface area (Å²) in [5.74, 6) is 0.953. The normalized spacial score (nSPS) is 11.3. The monoisotopic (exact) mass is 299 g/mol. The molecule has 0 unspecified atom stereocenters.